The van der Waals surface area contributed by atoms with Crippen molar-refractivity contribution in [3.8, 4) is 0 Å². The van der Waals surface area contributed by atoms with E-state index < -0.39 is 5.60 Å². The van der Waals surface area contributed by atoms with E-state index in [0.29, 0.717) is 12.1 Å². The van der Waals surface area contributed by atoms with E-state index in [1.807, 2.05) is 19.1 Å². The summed E-state index contributed by atoms with van der Waals surface area (Å²) in [6, 6.07) is 3.76. The summed E-state index contributed by atoms with van der Waals surface area (Å²) in [6.45, 7) is 6.20. The zero-order chi connectivity index (χ0) is 15.2. The number of aliphatic hydroxyl groups is 1. The lowest BCUT2D eigenvalue weighted by Crippen LogP contribution is -2.48. The molecule has 0 bridgehead atoms. The molecule has 2 N–H and O–H groups in total. The Morgan fingerprint density at radius 2 is 2.24 bits per heavy atom. The monoisotopic (exact) mass is 287 g/mol. The number of carbonyl (C=O) groups excluding carboxylic acids is 1. The van der Waals surface area contributed by atoms with Gasteiger partial charge in [0.05, 0.1) is 28.9 Å². The number of aryl methyl sites for hydroxylation is 1. The number of nitrogens with one attached hydrogen (secondary N) is 1. The Balaban J connectivity index is 2.02. The third kappa shape index (κ3) is 2.42. The molecule has 1 aromatic carbocycles. The summed E-state index contributed by atoms with van der Waals surface area (Å²) < 4.78 is 0. The Morgan fingerprint density at radius 3 is 2.95 bits per heavy atom. The second kappa shape index (κ2) is 4.84. The minimum atomic E-state index is -0.886. The van der Waals surface area contributed by atoms with Gasteiger partial charge in [0.25, 0.3) is 5.91 Å². The Bertz CT molecular complexity index is 684. The number of H-pyrrole nitrogens is 1. The standard InChI is InChI=1S/C16H21N3O2/c1-10-7-11-9-17-18-14(11)12(8-10)15(20)19-6-4-5-13(19)16(2,3)21/h7-9,13,21H,4-6H2,1-3H3,(H,17,18). The van der Waals surface area contributed by atoms with Crippen LogP contribution in [0.2, 0.25) is 0 Å². The van der Waals surface area contributed by atoms with Crippen molar-refractivity contribution in [3.63, 3.8) is 0 Å². The summed E-state index contributed by atoms with van der Waals surface area (Å²) in [5.41, 5.74) is 1.56. The maximum absolute atomic E-state index is 12.9. The lowest BCUT2D eigenvalue weighted by Gasteiger charge is -2.34. The minimum absolute atomic E-state index is 0.0300. The number of fused-ring (bicyclic) bond motifs is 1. The fraction of sp³-hybridized carbons (Fsp3) is 0.500. The van der Waals surface area contributed by atoms with Gasteiger partial charge in [-0.1, -0.05) is 0 Å². The number of aromatic nitrogens is 2. The zero-order valence-corrected chi connectivity index (χ0v) is 12.7. The normalized spacial score (nSPS) is 19.4. The number of rotatable bonds is 2. The summed E-state index contributed by atoms with van der Waals surface area (Å²) in [7, 11) is 0. The molecule has 1 aromatic heterocycles. The maximum atomic E-state index is 12.9. The van der Waals surface area contributed by atoms with Gasteiger partial charge in [0.15, 0.2) is 0 Å². The molecule has 1 aliphatic rings. The van der Waals surface area contributed by atoms with Gasteiger partial charge >= 0.3 is 0 Å². The van der Waals surface area contributed by atoms with E-state index in [-0.39, 0.29) is 11.9 Å². The van der Waals surface area contributed by atoms with Crippen molar-refractivity contribution in [1.29, 1.82) is 0 Å². The summed E-state index contributed by atoms with van der Waals surface area (Å²) in [5, 5.41) is 18.2. The zero-order valence-electron chi connectivity index (χ0n) is 12.7. The molecule has 0 aliphatic carbocycles. The number of benzene rings is 1. The molecule has 1 saturated heterocycles. The van der Waals surface area contributed by atoms with E-state index in [1.54, 1.807) is 24.9 Å². The predicted octanol–water partition coefficient (Wildman–Crippen LogP) is 2.25. The van der Waals surface area contributed by atoms with Crippen LogP contribution in [-0.4, -0.2) is 44.3 Å². The molecule has 1 unspecified atom stereocenters. The smallest absolute Gasteiger partial charge is 0.256 e. The van der Waals surface area contributed by atoms with Gasteiger partial charge in [-0.3, -0.25) is 9.89 Å². The first-order valence-electron chi connectivity index (χ1n) is 7.35. The molecule has 2 heterocycles. The highest BCUT2D eigenvalue weighted by Crippen LogP contribution is 2.30. The Hall–Kier alpha value is -1.88. The van der Waals surface area contributed by atoms with Gasteiger partial charge in [-0.05, 0) is 51.3 Å². The number of amides is 1. The number of nitrogens with zero attached hydrogens (tertiary/aromatic N) is 2. The first-order valence-corrected chi connectivity index (χ1v) is 7.35. The summed E-state index contributed by atoms with van der Waals surface area (Å²) in [6.07, 6.45) is 3.50. The van der Waals surface area contributed by atoms with Crippen molar-refractivity contribution < 1.29 is 9.90 Å². The molecule has 1 amide bonds. The molecule has 21 heavy (non-hydrogen) atoms. The quantitative estimate of drug-likeness (QED) is 0.890. The van der Waals surface area contributed by atoms with Crippen LogP contribution in [0.15, 0.2) is 18.3 Å². The molecule has 0 radical (unpaired) electrons. The van der Waals surface area contributed by atoms with Crippen LogP contribution < -0.4 is 0 Å². The molecular formula is C16H21N3O2. The first kappa shape index (κ1) is 14.1. The van der Waals surface area contributed by atoms with E-state index in [1.165, 1.54) is 0 Å². The van der Waals surface area contributed by atoms with Crippen LogP contribution >= 0.6 is 0 Å². The third-order valence-electron chi connectivity index (χ3n) is 4.25. The minimum Gasteiger partial charge on any atom is -0.388 e. The largest absolute Gasteiger partial charge is 0.388 e. The van der Waals surface area contributed by atoms with Crippen LogP contribution in [-0.2, 0) is 0 Å². The molecule has 5 heteroatoms. The first-order chi connectivity index (χ1) is 9.88. The topological polar surface area (TPSA) is 69.2 Å². The molecule has 0 saturated carbocycles. The number of carbonyl (C=O) groups is 1. The number of hydrogen-bond donors (Lipinski definition) is 2. The molecule has 0 spiro atoms. The number of hydrogen-bond acceptors (Lipinski definition) is 3. The van der Waals surface area contributed by atoms with Crippen molar-refractivity contribution in [2.45, 2.75) is 45.3 Å². The average Bonchev–Trinajstić information content (AvgIpc) is 3.04. The van der Waals surface area contributed by atoms with Gasteiger partial charge in [0, 0.05) is 11.9 Å². The van der Waals surface area contributed by atoms with Crippen LogP contribution in [0.1, 0.15) is 42.6 Å². The van der Waals surface area contributed by atoms with Crippen LogP contribution in [0.5, 0.6) is 0 Å². The van der Waals surface area contributed by atoms with Crippen molar-refractivity contribution >= 4 is 16.8 Å². The van der Waals surface area contributed by atoms with E-state index in [4.69, 9.17) is 0 Å². The van der Waals surface area contributed by atoms with Crippen LogP contribution in [0, 0.1) is 6.92 Å². The fourth-order valence-electron chi connectivity index (χ4n) is 3.28. The highest BCUT2D eigenvalue weighted by molar-refractivity contribution is 6.06. The lowest BCUT2D eigenvalue weighted by molar-refractivity contribution is 0.000399. The molecule has 1 fully saturated rings. The van der Waals surface area contributed by atoms with Crippen LogP contribution in [0.25, 0.3) is 10.9 Å². The Labute approximate surface area is 124 Å². The summed E-state index contributed by atoms with van der Waals surface area (Å²) in [5.74, 6) is -0.0300. The van der Waals surface area contributed by atoms with Crippen molar-refractivity contribution in [2.24, 2.45) is 0 Å². The van der Waals surface area contributed by atoms with Gasteiger partial charge in [-0.25, -0.2) is 0 Å². The second-order valence-corrected chi connectivity index (χ2v) is 6.46. The second-order valence-electron chi connectivity index (χ2n) is 6.46. The molecular weight excluding hydrogens is 266 g/mol. The van der Waals surface area contributed by atoms with Crippen LogP contribution in [0.4, 0.5) is 0 Å². The van der Waals surface area contributed by atoms with E-state index in [0.717, 1.165) is 29.3 Å². The van der Waals surface area contributed by atoms with E-state index in [9.17, 15) is 9.90 Å². The molecule has 1 aliphatic heterocycles. The highest BCUT2D eigenvalue weighted by atomic mass is 16.3. The fourth-order valence-corrected chi connectivity index (χ4v) is 3.28. The molecule has 112 valence electrons. The number of aromatic amines is 1. The van der Waals surface area contributed by atoms with Crippen molar-refractivity contribution in [2.75, 3.05) is 6.54 Å². The van der Waals surface area contributed by atoms with Gasteiger partial charge in [-0.2, -0.15) is 5.10 Å². The lowest BCUT2D eigenvalue weighted by atomic mass is 9.96. The summed E-state index contributed by atoms with van der Waals surface area (Å²) in [4.78, 5) is 14.7. The maximum Gasteiger partial charge on any atom is 0.256 e. The van der Waals surface area contributed by atoms with Crippen molar-refractivity contribution in [3.05, 3.63) is 29.5 Å². The molecule has 5 nitrogen and oxygen atoms in total. The molecule has 2 aromatic rings. The van der Waals surface area contributed by atoms with Gasteiger partial charge in [0.2, 0.25) is 0 Å². The summed E-state index contributed by atoms with van der Waals surface area (Å²) >= 11 is 0. The number of likely N-dealkylation sites (tertiary alicyclic amines) is 1. The third-order valence-corrected chi connectivity index (χ3v) is 4.25. The highest BCUT2D eigenvalue weighted by Gasteiger charge is 2.39. The molecule has 3 rings (SSSR count). The Kier molecular flexibility index (Phi) is 3.24. The van der Waals surface area contributed by atoms with E-state index in [2.05, 4.69) is 10.2 Å². The van der Waals surface area contributed by atoms with E-state index >= 15 is 0 Å². The SMILES string of the molecule is Cc1cc(C(=O)N2CCCC2C(C)(C)O)c2[nH]ncc2c1. The van der Waals surface area contributed by atoms with Crippen LogP contribution in [0.3, 0.4) is 0 Å². The van der Waals surface area contributed by atoms with Gasteiger partial charge in [0.1, 0.15) is 0 Å². The predicted molar refractivity (Wildman–Crippen MR) is 81.2 cm³/mol. The molecule has 1 atom stereocenters. The average molecular weight is 287 g/mol. The Morgan fingerprint density at radius 1 is 1.48 bits per heavy atom. The van der Waals surface area contributed by atoms with Crippen molar-refractivity contribution in [1.82, 2.24) is 15.1 Å². The van der Waals surface area contributed by atoms with Gasteiger partial charge < -0.3 is 10.0 Å². The van der Waals surface area contributed by atoms with Gasteiger partial charge in [-0.15, -0.1) is 0 Å².